The van der Waals surface area contributed by atoms with E-state index in [4.69, 9.17) is 5.73 Å². The van der Waals surface area contributed by atoms with Crippen LogP contribution in [0.1, 0.15) is 0 Å². The first-order valence-electron chi connectivity index (χ1n) is 5.78. The summed E-state index contributed by atoms with van der Waals surface area (Å²) >= 11 is 0.956. The fourth-order valence-corrected chi connectivity index (χ4v) is 2.57. The maximum Gasteiger partial charge on any atom is 0.157 e. The Morgan fingerprint density at radius 1 is 0.950 bits per heavy atom. The Hall–Kier alpha value is -2.21. The van der Waals surface area contributed by atoms with E-state index in [2.05, 4.69) is 9.97 Å². The number of nitrogen functional groups attached to an aromatic ring is 1. The molecule has 0 saturated carbocycles. The SMILES string of the molecule is Nc1nc2ccccc2nc1Sc1cc(F)ccc1F. The van der Waals surface area contributed by atoms with Crippen LogP contribution in [0, 0.1) is 11.6 Å². The number of nitrogens with two attached hydrogens (primary N) is 1. The zero-order valence-corrected chi connectivity index (χ0v) is 11.0. The number of nitrogens with zero attached hydrogens (tertiary/aromatic N) is 2. The van der Waals surface area contributed by atoms with Crippen molar-refractivity contribution in [3.8, 4) is 0 Å². The maximum absolute atomic E-state index is 13.6. The molecule has 0 aliphatic rings. The largest absolute Gasteiger partial charge is 0.381 e. The van der Waals surface area contributed by atoms with Gasteiger partial charge in [0.2, 0.25) is 0 Å². The molecule has 0 spiro atoms. The highest BCUT2D eigenvalue weighted by atomic mass is 32.2. The van der Waals surface area contributed by atoms with Crippen LogP contribution < -0.4 is 5.73 Å². The van der Waals surface area contributed by atoms with E-state index < -0.39 is 11.6 Å². The first-order chi connectivity index (χ1) is 9.63. The van der Waals surface area contributed by atoms with Gasteiger partial charge in [-0.15, -0.1) is 0 Å². The van der Waals surface area contributed by atoms with E-state index in [-0.39, 0.29) is 10.7 Å². The second kappa shape index (κ2) is 5.05. The summed E-state index contributed by atoms with van der Waals surface area (Å²) in [6.45, 7) is 0. The van der Waals surface area contributed by atoms with Crippen LogP contribution in [0.25, 0.3) is 11.0 Å². The van der Waals surface area contributed by atoms with Crippen molar-refractivity contribution in [3.63, 3.8) is 0 Å². The van der Waals surface area contributed by atoms with Crippen molar-refractivity contribution in [2.75, 3.05) is 5.73 Å². The number of hydrogen-bond donors (Lipinski definition) is 1. The summed E-state index contributed by atoms with van der Waals surface area (Å²) in [6, 6.07) is 10.5. The number of fused-ring (bicyclic) bond motifs is 1. The van der Waals surface area contributed by atoms with Crippen LogP contribution in [0.5, 0.6) is 0 Å². The Morgan fingerprint density at radius 2 is 1.65 bits per heavy atom. The van der Waals surface area contributed by atoms with E-state index in [1.165, 1.54) is 0 Å². The van der Waals surface area contributed by atoms with Crippen molar-refractivity contribution in [2.45, 2.75) is 9.92 Å². The Balaban J connectivity index is 2.06. The number of rotatable bonds is 2. The Kier molecular flexibility index (Phi) is 3.23. The standard InChI is InChI=1S/C14H9F2N3S/c15-8-5-6-9(16)12(7-8)20-14-13(17)18-10-3-1-2-4-11(10)19-14/h1-7H,(H2,17,18). The molecule has 20 heavy (non-hydrogen) atoms. The predicted molar refractivity (Wildman–Crippen MR) is 74.4 cm³/mol. The van der Waals surface area contributed by atoms with Gasteiger partial charge in [-0.2, -0.15) is 0 Å². The Labute approximate surface area is 117 Å². The van der Waals surface area contributed by atoms with Crippen molar-refractivity contribution in [1.29, 1.82) is 0 Å². The molecule has 6 heteroatoms. The van der Waals surface area contributed by atoms with Gasteiger partial charge in [0.25, 0.3) is 0 Å². The maximum atomic E-state index is 13.6. The number of halogens is 2. The van der Waals surface area contributed by atoms with Crippen molar-refractivity contribution in [2.24, 2.45) is 0 Å². The van der Waals surface area contributed by atoms with E-state index in [1.54, 1.807) is 12.1 Å². The average molecular weight is 289 g/mol. The molecule has 0 bridgehead atoms. The Bertz CT molecular complexity index is 792. The summed E-state index contributed by atoms with van der Waals surface area (Å²) in [5.41, 5.74) is 7.13. The third kappa shape index (κ3) is 2.42. The van der Waals surface area contributed by atoms with E-state index in [0.29, 0.717) is 16.1 Å². The van der Waals surface area contributed by atoms with Gasteiger partial charge >= 0.3 is 0 Å². The van der Waals surface area contributed by atoms with Crippen molar-refractivity contribution < 1.29 is 8.78 Å². The lowest BCUT2D eigenvalue weighted by atomic mass is 10.3. The van der Waals surface area contributed by atoms with Crippen LogP contribution in [-0.2, 0) is 0 Å². The molecule has 0 aliphatic carbocycles. The summed E-state index contributed by atoms with van der Waals surface area (Å²) in [7, 11) is 0. The minimum absolute atomic E-state index is 0.126. The van der Waals surface area contributed by atoms with E-state index in [1.807, 2.05) is 12.1 Å². The van der Waals surface area contributed by atoms with E-state index in [9.17, 15) is 8.78 Å². The topological polar surface area (TPSA) is 51.8 Å². The van der Waals surface area contributed by atoms with Gasteiger partial charge in [-0.1, -0.05) is 23.9 Å². The van der Waals surface area contributed by atoms with Gasteiger partial charge < -0.3 is 5.73 Å². The minimum Gasteiger partial charge on any atom is -0.381 e. The molecule has 0 unspecified atom stereocenters. The first-order valence-corrected chi connectivity index (χ1v) is 6.60. The summed E-state index contributed by atoms with van der Waals surface area (Å²) < 4.78 is 26.8. The predicted octanol–water partition coefficient (Wildman–Crippen LogP) is 3.64. The van der Waals surface area contributed by atoms with Crippen LogP contribution >= 0.6 is 11.8 Å². The first kappa shape index (κ1) is 12.8. The molecule has 0 fully saturated rings. The number of para-hydroxylation sites is 2. The molecule has 1 aromatic heterocycles. The average Bonchev–Trinajstić information content (AvgIpc) is 2.43. The third-order valence-corrected chi connectivity index (χ3v) is 3.69. The molecule has 0 atom stereocenters. The highest BCUT2D eigenvalue weighted by Gasteiger charge is 2.11. The van der Waals surface area contributed by atoms with Gasteiger partial charge in [-0.3, -0.25) is 0 Å². The molecule has 0 aliphatic heterocycles. The summed E-state index contributed by atoms with van der Waals surface area (Å²) in [6.07, 6.45) is 0. The molecule has 3 rings (SSSR count). The lowest BCUT2D eigenvalue weighted by Crippen LogP contribution is -1.97. The highest BCUT2D eigenvalue weighted by Crippen LogP contribution is 2.32. The van der Waals surface area contributed by atoms with Crippen LogP contribution in [0.3, 0.4) is 0 Å². The van der Waals surface area contributed by atoms with Crippen LogP contribution in [0.15, 0.2) is 52.4 Å². The number of aromatic nitrogens is 2. The second-order valence-corrected chi connectivity index (χ2v) is 5.11. The van der Waals surface area contributed by atoms with Crippen molar-refractivity contribution >= 4 is 28.6 Å². The molecule has 3 nitrogen and oxygen atoms in total. The minimum atomic E-state index is -0.522. The lowest BCUT2D eigenvalue weighted by molar-refractivity contribution is 0.577. The van der Waals surface area contributed by atoms with E-state index in [0.717, 1.165) is 30.0 Å². The molecule has 0 saturated heterocycles. The van der Waals surface area contributed by atoms with Crippen molar-refractivity contribution in [1.82, 2.24) is 9.97 Å². The summed E-state index contributed by atoms with van der Waals surface area (Å²) in [5, 5.41) is 0.355. The third-order valence-electron chi connectivity index (χ3n) is 2.66. The fraction of sp³-hybridized carbons (Fsp3) is 0. The monoisotopic (exact) mass is 289 g/mol. The summed E-state index contributed by atoms with van der Waals surface area (Å²) in [5.74, 6) is -0.843. The molecule has 2 aromatic carbocycles. The quantitative estimate of drug-likeness (QED) is 0.782. The zero-order valence-electron chi connectivity index (χ0n) is 10.2. The molecule has 0 radical (unpaired) electrons. The molecule has 2 N–H and O–H groups in total. The number of hydrogen-bond acceptors (Lipinski definition) is 4. The molecule has 100 valence electrons. The number of benzene rings is 2. The number of anilines is 1. The molecule has 0 amide bonds. The van der Waals surface area contributed by atoms with Gasteiger partial charge in [0.1, 0.15) is 16.7 Å². The van der Waals surface area contributed by atoms with Gasteiger partial charge in [0.05, 0.1) is 15.9 Å². The van der Waals surface area contributed by atoms with Crippen LogP contribution in [0.2, 0.25) is 0 Å². The van der Waals surface area contributed by atoms with Crippen molar-refractivity contribution in [3.05, 3.63) is 54.1 Å². The molecule has 3 aromatic rings. The van der Waals surface area contributed by atoms with Gasteiger partial charge in [0.15, 0.2) is 5.82 Å². The smallest absolute Gasteiger partial charge is 0.157 e. The van der Waals surface area contributed by atoms with Gasteiger partial charge in [0, 0.05) is 0 Å². The van der Waals surface area contributed by atoms with Gasteiger partial charge in [-0.25, -0.2) is 18.7 Å². The second-order valence-electron chi connectivity index (χ2n) is 4.08. The van der Waals surface area contributed by atoms with Crippen LogP contribution in [-0.4, -0.2) is 9.97 Å². The fourth-order valence-electron chi connectivity index (χ4n) is 1.73. The normalized spacial score (nSPS) is 10.9. The highest BCUT2D eigenvalue weighted by molar-refractivity contribution is 7.99. The molecular weight excluding hydrogens is 280 g/mol. The summed E-state index contributed by atoms with van der Waals surface area (Å²) in [4.78, 5) is 8.66. The Morgan fingerprint density at radius 3 is 2.40 bits per heavy atom. The van der Waals surface area contributed by atoms with Gasteiger partial charge in [-0.05, 0) is 30.3 Å². The zero-order chi connectivity index (χ0) is 14.1. The lowest BCUT2D eigenvalue weighted by Gasteiger charge is -2.06. The molecule has 1 heterocycles. The van der Waals surface area contributed by atoms with E-state index >= 15 is 0 Å². The van der Waals surface area contributed by atoms with Crippen LogP contribution in [0.4, 0.5) is 14.6 Å². The molecular formula is C14H9F2N3S.